The fourth-order valence-electron chi connectivity index (χ4n) is 3.23. The zero-order chi connectivity index (χ0) is 12.5. The van der Waals surface area contributed by atoms with Gasteiger partial charge in [-0.3, -0.25) is 0 Å². The smallest absolute Gasteiger partial charge is 0.0441 e. The fourth-order valence-corrected chi connectivity index (χ4v) is 3.75. The number of hydrogen-bond acceptors (Lipinski definition) is 2. The Hall–Kier alpha value is -0.440. The molecule has 2 saturated heterocycles. The summed E-state index contributed by atoms with van der Waals surface area (Å²) in [6, 6.07) is 7.02. The lowest BCUT2D eigenvalue weighted by Gasteiger charge is -2.35. The van der Waals surface area contributed by atoms with E-state index in [4.69, 9.17) is 23.2 Å². The summed E-state index contributed by atoms with van der Waals surface area (Å²) in [5.74, 6) is 0. The molecule has 0 saturated carbocycles. The highest BCUT2D eigenvalue weighted by Gasteiger charge is 2.31. The summed E-state index contributed by atoms with van der Waals surface area (Å²) < 4.78 is 0. The van der Waals surface area contributed by atoms with E-state index < -0.39 is 0 Å². The van der Waals surface area contributed by atoms with Gasteiger partial charge >= 0.3 is 0 Å². The van der Waals surface area contributed by atoms with Crippen LogP contribution in [0.3, 0.4) is 0 Å². The quantitative estimate of drug-likeness (QED) is 0.882. The van der Waals surface area contributed by atoms with Gasteiger partial charge in [-0.2, -0.15) is 0 Å². The summed E-state index contributed by atoms with van der Waals surface area (Å²) in [7, 11) is 0. The van der Waals surface area contributed by atoms with Crippen LogP contribution in [0.2, 0.25) is 10.0 Å². The molecule has 2 unspecified atom stereocenters. The molecule has 3 rings (SSSR count). The van der Waals surface area contributed by atoms with E-state index in [1.807, 2.05) is 12.1 Å². The third-order valence-corrected chi connectivity index (χ3v) is 4.49. The van der Waals surface area contributed by atoms with Crippen molar-refractivity contribution in [1.29, 1.82) is 0 Å². The number of halogens is 2. The summed E-state index contributed by atoms with van der Waals surface area (Å²) in [6.07, 6.45) is 5.17. The van der Waals surface area contributed by atoms with E-state index in [0.717, 1.165) is 11.7 Å². The van der Waals surface area contributed by atoms with Crippen LogP contribution in [0.5, 0.6) is 0 Å². The molecule has 1 N–H and O–H groups in total. The van der Waals surface area contributed by atoms with E-state index in [9.17, 15) is 0 Å². The number of benzene rings is 1. The maximum atomic E-state index is 6.02. The number of rotatable bonds is 2. The number of piperidine rings is 1. The van der Waals surface area contributed by atoms with Crippen molar-refractivity contribution < 1.29 is 0 Å². The molecule has 2 aliphatic rings. The molecule has 2 heterocycles. The van der Waals surface area contributed by atoms with Gasteiger partial charge in [0.1, 0.15) is 0 Å². The molecule has 0 aromatic heterocycles. The second-order valence-electron chi connectivity index (χ2n) is 5.36. The standard InChI is InChI=1S/C14H18Cl2N2/c15-10-6-11(16)8-13(7-10)17-12-3-5-18-4-1-2-14(18)9-12/h6-8,12,14,17H,1-5,9H2. The van der Waals surface area contributed by atoms with Gasteiger partial charge in [0.05, 0.1) is 0 Å². The van der Waals surface area contributed by atoms with Crippen LogP contribution in [0.15, 0.2) is 18.2 Å². The van der Waals surface area contributed by atoms with Gasteiger partial charge in [0.2, 0.25) is 0 Å². The minimum Gasteiger partial charge on any atom is -0.382 e. The predicted molar refractivity (Wildman–Crippen MR) is 77.7 cm³/mol. The number of nitrogens with zero attached hydrogens (tertiary/aromatic N) is 1. The van der Waals surface area contributed by atoms with Gasteiger partial charge in [0.25, 0.3) is 0 Å². The Labute approximate surface area is 118 Å². The molecule has 1 aromatic carbocycles. The Morgan fingerprint density at radius 3 is 2.61 bits per heavy atom. The van der Waals surface area contributed by atoms with E-state index in [-0.39, 0.29) is 0 Å². The van der Waals surface area contributed by atoms with E-state index in [2.05, 4.69) is 10.2 Å². The second kappa shape index (κ2) is 5.28. The summed E-state index contributed by atoms with van der Waals surface area (Å²) in [5.41, 5.74) is 1.05. The van der Waals surface area contributed by atoms with Gasteiger partial charge in [0, 0.05) is 34.4 Å². The summed E-state index contributed by atoms with van der Waals surface area (Å²) in [6.45, 7) is 2.51. The summed E-state index contributed by atoms with van der Waals surface area (Å²) in [4.78, 5) is 2.63. The zero-order valence-corrected chi connectivity index (χ0v) is 11.8. The second-order valence-corrected chi connectivity index (χ2v) is 6.23. The molecule has 0 amide bonds. The van der Waals surface area contributed by atoms with Crippen molar-refractivity contribution in [2.24, 2.45) is 0 Å². The molecular weight excluding hydrogens is 267 g/mol. The lowest BCUT2D eigenvalue weighted by Crippen LogP contribution is -2.42. The van der Waals surface area contributed by atoms with Gasteiger partial charge in [-0.1, -0.05) is 23.2 Å². The van der Waals surface area contributed by atoms with Gasteiger partial charge < -0.3 is 10.2 Å². The molecule has 0 radical (unpaired) electrons. The van der Waals surface area contributed by atoms with Gasteiger partial charge in [-0.15, -0.1) is 0 Å². The average Bonchev–Trinajstić information content (AvgIpc) is 2.74. The van der Waals surface area contributed by atoms with Crippen molar-refractivity contribution in [2.75, 3.05) is 18.4 Å². The molecule has 2 nitrogen and oxygen atoms in total. The SMILES string of the molecule is Clc1cc(Cl)cc(NC2CCN3CCCC3C2)c1. The van der Waals surface area contributed by atoms with E-state index >= 15 is 0 Å². The van der Waals surface area contributed by atoms with Crippen molar-refractivity contribution in [3.05, 3.63) is 28.2 Å². The van der Waals surface area contributed by atoms with E-state index in [0.29, 0.717) is 16.1 Å². The topological polar surface area (TPSA) is 15.3 Å². The average molecular weight is 285 g/mol. The Kier molecular flexibility index (Phi) is 3.69. The van der Waals surface area contributed by atoms with Gasteiger partial charge in [-0.25, -0.2) is 0 Å². The number of hydrogen-bond donors (Lipinski definition) is 1. The van der Waals surface area contributed by atoms with Crippen molar-refractivity contribution in [2.45, 2.75) is 37.8 Å². The molecule has 0 aliphatic carbocycles. The van der Waals surface area contributed by atoms with Crippen LogP contribution in [-0.2, 0) is 0 Å². The zero-order valence-electron chi connectivity index (χ0n) is 10.3. The Morgan fingerprint density at radius 1 is 1.06 bits per heavy atom. The third-order valence-electron chi connectivity index (χ3n) is 4.05. The van der Waals surface area contributed by atoms with E-state index in [1.54, 1.807) is 6.07 Å². The van der Waals surface area contributed by atoms with Crippen LogP contribution in [-0.4, -0.2) is 30.1 Å². The minimum absolute atomic E-state index is 0.555. The van der Waals surface area contributed by atoms with Crippen molar-refractivity contribution in [3.63, 3.8) is 0 Å². The van der Waals surface area contributed by atoms with Crippen LogP contribution in [0.25, 0.3) is 0 Å². The van der Waals surface area contributed by atoms with Crippen molar-refractivity contribution in [3.8, 4) is 0 Å². The number of anilines is 1. The summed E-state index contributed by atoms with van der Waals surface area (Å²) in [5, 5.41) is 4.97. The maximum absolute atomic E-state index is 6.02. The highest BCUT2D eigenvalue weighted by molar-refractivity contribution is 6.35. The number of fused-ring (bicyclic) bond motifs is 1. The van der Waals surface area contributed by atoms with Crippen LogP contribution >= 0.6 is 23.2 Å². The fraction of sp³-hybridized carbons (Fsp3) is 0.571. The molecule has 18 heavy (non-hydrogen) atoms. The Morgan fingerprint density at radius 2 is 1.83 bits per heavy atom. The maximum Gasteiger partial charge on any atom is 0.0441 e. The first kappa shape index (κ1) is 12.6. The highest BCUT2D eigenvalue weighted by Crippen LogP contribution is 2.30. The van der Waals surface area contributed by atoms with Crippen molar-refractivity contribution in [1.82, 2.24) is 4.90 Å². The molecule has 0 bridgehead atoms. The molecule has 0 spiro atoms. The predicted octanol–water partition coefficient (Wildman–Crippen LogP) is 4.03. The summed E-state index contributed by atoms with van der Waals surface area (Å²) >= 11 is 12.0. The highest BCUT2D eigenvalue weighted by atomic mass is 35.5. The lowest BCUT2D eigenvalue weighted by molar-refractivity contribution is 0.188. The molecule has 2 aliphatic heterocycles. The molecule has 4 heteroatoms. The molecular formula is C14H18Cl2N2. The Bertz CT molecular complexity index is 416. The molecule has 1 aromatic rings. The Balaban J connectivity index is 1.65. The minimum atomic E-state index is 0.555. The normalized spacial score (nSPS) is 28.1. The monoisotopic (exact) mass is 284 g/mol. The largest absolute Gasteiger partial charge is 0.382 e. The third kappa shape index (κ3) is 2.76. The van der Waals surface area contributed by atoms with Gasteiger partial charge in [0.15, 0.2) is 0 Å². The van der Waals surface area contributed by atoms with Crippen LogP contribution in [0, 0.1) is 0 Å². The van der Waals surface area contributed by atoms with Crippen molar-refractivity contribution >= 4 is 28.9 Å². The first-order chi connectivity index (χ1) is 8.70. The number of nitrogens with one attached hydrogen (secondary N) is 1. The molecule has 2 fully saturated rings. The first-order valence-electron chi connectivity index (χ1n) is 6.67. The first-order valence-corrected chi connectivity index (χ1v) is 7.43. The lowest BCUT2D eigenvalue weighted by atomic mass is 9.97. The van der Waals surface area contributed by atoms with Crippen LogP contribution in [0.1, 0.15) is 25.7 Å². The van der Waals surface area contributed by atoms with Crippen LogP contribution in [0.4, 0.5) is 5.69 Å². The van der Waals surface area contributed by atoms with E-state index in [1.165, 1.54) is 38.8 Å². The van der Waals surface area contributed by atoms with Gasteiger partial charge in [-0.05, 0) is 50.4 Å². The molecule has 2 atom stereocenters. The molecule has 98 valence electrons. The van der Waals surface area contributed by atoms with Crippen LogP contribution < -0.4 is 5.32 Å².